The van der Waals surface area contributed by atoms with Crippen LogP contribution >= 0.6 is 11.3 Å². The number of methoxy groups -OCH3 is 1. The third kappa shape index (κ3) is 2.27. The van der Waals surface area contributed by atoms with Crippen LogP contribution in [0.4, 0.5) is 5.95 Å². The van der Waals surface area contributed by atoms with E-state index in [0.717, 1.165) is 10.1 Å². The molecular weight excluding hydrogens is 264 g/mol. The highest BCUT2D eigenvalue weighted by molar-refractivity contribution is 7.20. The molecular formula is C12H10N4O2S. The maximum absolute atomic E-state index is 12.1. The van der Waals surface area contributed by atoms with Crippen molar-refractivity contribution in [1.82, 2.24) is 15.2 Å². The summed E-state index contributed by atoms with van der Waals surface area (Å²) in [7, 11) is 1.46. The van der Waals surface area contributed by atoms with E-state index < -0.39 is 0 Å². The SMILES string of the molecule is COc1n[nH]c(NC(=O)c2cc3ccccc3s2)n1. The number of benzene rings is 1. The topological polar surface area (TPSA) is 79.9 Å². The predicted octanol–water partition coefficient (Wildman–Crippen LogP) is 2.28. The number of fused-ring (bicyclic) bond motifs is 1. The van der Waals surface area contributed by atoms with Gasteiger partial charge in [0.25, 0.3) is 5.91 Å². The summed E-state index contributed by atoms with van der Waals surface area (Å²) in [6.07, 6.45) is 0. The first-order chi connectivity index (χ1) is 9.26. The number of hydrogen-bond donors (Lipinski definition) is 2. The Morgan fingerprint density at radius 3 is 3.00 bits per heavy atom. The summed E-state index contributed by atoms with van der Waals surface area (Å²) in [4.78, 5) is 16.6. The Balaban J connectivity index is 1.83. The summed E-state index contributed by atoms with van der Waals surface area (Å²) in [5.74, 6) is 0.0410. The van der Waals surface area contributed by atoms with E-state index in [9.17, 15) is 4.79 Å². The average molecular weight is 274 g/mol. The van der Waals surface area contributed by atoms with Gasteiger partial charge in [0.1, 0.15) is 0 Å². The molecule has 7 heteroatoms. The van der Waals surface area contributed by atoms with Gasteiger partial charge in [-0.2, -0.15) is 4.98 Å². The minimum Gasteiger partial charge on any atom is -0.466 e. The lowest BCUT2D eigenvalue weighted by Gasteiger charge is -1.96. The van der Waals surface area contributed by atoms with E-state index in [1.165, 1.54) is 18.4 Å². The standard InChI is InChI=1S/C12H10N4O2S/c1-18-12-14-11(15-16-12)13-10(17)9-6-7-4-2-3-5-8(7)19-9/h2-6H,1H3,(H2,13,14,15,16,17). The molecule has 2 aromatic heterocycles. The normalized spacial score (nSPS) is 10.6. The molecule has 0 aliphatic heterocycles. The van der Waals surface area contributed by atoms with Crippen molar-refractivity contribution >= 4 is 33.3 Å². The molecule has 19 heavy (non-hydrogen) atoms. The highest BCUT2D eigenvalue weighted by Gasteiger charge is 2.12. The Hall–Kier alpha value is -2.41. The molecule has 0 unspecified atom stereocenters. The second kappa shape index (κ2) is 4.69. The molecule has 3 aromatic rings. The Labute approximate surface area is 112 Å². The Morgan fingerprint density at radius 1 is 1.42 bits per heavy atom. The number of ether oxygens (including phenoxy) is 1. The number of nitrogens with zero attached hydrogens (tertiary/aromatic N) is 2. The van der Waals surface area contributed by atoms with Gasteiger partial charge < -0.3 is 4.74 Å². The number of H-pyrrole nitrogens is 1. The van der Waals surface area contributed by atoms with Gasteiger partial charge in [-0.15, -0.1) is 16.4 Å². The Kier molecular flexibility index (Phi) is 2.88. The van der Waals surface area contributed by atoms with E-state index in [1.54, 1.807) is 0 Å². The molecule has 3 rings (SSSR count). The van der Waals surface area contributed by atoms with Gasteiger partial charge in [0.05, 0.1) is 12.0 Å². The van der Waals surface area contributed by atoms with E-state index in [-0.39, 0.29) is 17.9 Å². The number of rotatable bonds is 3. The van der Waals surface area contributed by atoms with Crippen LogP contribution in [0.5, 0.6) is 6.01 Å². The number of amides is 1. The smallest absolute Gasteiger partial charge is 0.336 e. The van der Waals surface area contributed by atoms with E-state index in [2.05, 4.69) is 20.5 Å². The van der Waals surface area contributed by atoms with Gasteiger partial charge in [-0.3, -0.25) is 10.1 Å². The van der Waals surface area contributed by atoms with Crippen LogP contribution in [0.25, 0.3) is 10.1 Å². The van der Waals surface area contributed by atoms with Crippen molar-refractivity contribution in [2.75, 3.05) is 12.4 Å². The third-order valence-electron chi connectivity index (χ3n) is 2.53. The lowest BCUT2D eigenvalue weighted by Crippen LogP contribution is -2.11. The number of hydrogen-bond acceptors (Lipinski definition) is 5. The van der Waals surface area contributed by atoms with Gasteiger partial charge in [-0.1, -0.05) is 18.2 Å². The summed E-state index contributed by atoms with van der Waals surface area (Å²) < 4.78 is 5.90. The number of aromatic nitrogens is 3. The fraction of sp³-hybridized carbons (Fsp3) is 0.0833. The zero-order valence-electron chi connectivity index (χ0n) is 10.0. The summed E-state index contributed by atoms with van der Waals surface area (Å²) in [5, 5.41) is 10.0. The van der Waals surface area contributed by atoms with E-state index >= 15 is 0 Å². The molecule has 0 saturated carbocycles. The first-order valence-corrected chi connectivity index (χ1v) is 6.34. The van der Waals surface area contributed by atoms with Gasteiger partial charge in [-0.05, 0) is 17.5 Å². The first kappa shape index (κ1) is 11.7. The lowest BCUT2D eigenvalue weighted by molar-refractivity contribution is 0.103. The molecule has 0 saturated heterocycles. The molecule has 6 nitrogen and oxygen atoms in total. The highest BCUT2D eigenvalue weighted by atomic mass is 32.1. The molecule has 0 aliphatic carbocycles. The van der Waals surface area contributed by atoms with Crippen LogP contribution in [0.2, 0.25) is 0 Å². The molecule has 2 heterocycles. The van der Waals surface area contributed by atoms with Crippen LogP contribution in [0.3, 0.4) is 0 Å². The summed E-state index contributed by atoms with van der Waals surface area (Å²) in [6.45, 7) is 0. The number of carbonyl (C=O) groups excluding carboxylic acids is 1. The largest absolute Gasteiger partial charge is 0.466 e. The molecule has 96 valence electrons. The molecule has 0 atom stereocenters. The van der Waals surface area contributed by atoms with Gasteiger partial charge in [-0.25, -0.2) is 5.10 Å². The summed E-state index contributed by atoms with van der Waals surface area (Å²) in [5.41, 5.74) is 0. The summed E-state index contributed by atoms with van der Waals surface area (Å²) >= 11 is 1.43. The van der Waals surface area contributed by atoms with Crippen molar-refractivity contribution in [3.8, 4) is 6.01 Å². The Bertz CT molecular complexity index is 701. The maximum atomic E-state index is 12.1. The monoisotopic (exact) mass is 274 g/mol. The average Bonchev–Trinajstić information content (AvgIpc) is 3.04. The van der Waals surface area contributed by atoms with Crippen LogP contribution < -0.4 is 10.1 Å². The molecule has 0 radical (unpaired) electrons. The van der Waals surface area contributed by atoms with Crippen molar-refractivity contribution in [1.29, 1.82) is 0 Å². The summed E-state index contributed by atoms with van der Waals surface area (Å²) in [6, 6.07) is 9.88. The Morgan fingerprint density at radius 2 is 2.26 bits per heavy atom. The van der Waals surface area contributed by atoms with Crippen LogP contribution in [-0.4, -0.2) is 28.2 Å². The van der Waals surface area contributed by atoms with E-state index in [4.69, 9.17) is 4.74 Å². The molecule has 0 aliphatic rings. The van der Waals surface area contributed by atoms with Crippen molar-refractivity contribution in [2.45, 2.75) is 0 Å². The fourth-order valence-electron chi connectivity index (χ4n) is 1.66. The number of carbonyl (C=O) groups is 1. The minimum absolute atomic E-state index is 0.187. The molecule has 1 amide bonds. The van der Waals surface area contributed by atoms with Crippen molar-refractivity contribution in [2.24, 2.45) is 0 Å². The zero-order valence-corrected chi connectivity index (χ0v) is 10.8. The predicted molar refractivity (Wildman–Crippen MR) is 72.7 cm³/mol. The highest BCUT2D eigenvalue weighted by Crippen LogP contribution is 2.25. The van der Waals surface area contributed by atoms with Crippen LogP contribution in [-0.2, 0) is 0 Å². The fourth-order valence-corrected chi connectivity index (χ4v) is 2.61. The first-order valence-electron chi connectivity index (χ1n) is 5.52. The molecule has 0 bridgehead atoms. The van der Waals surface area contributed by atoms with Crippen molar-refractivity contribution < 1.29 is 9.53 Å². The number of aromatic amines is 1. The minimum atomic E-state index is -0.222. The molecule has 0 fully saturated rings. The van der Waals surface area contributed by atoms with Crippen molar-refractivity contribution in [3.05, 3.63) is 35.2 Å². The lowest BCUT2D eigenvalue weighted by atomic mass is 10.2. The maximum Gasteiger partial charge on any atom is 0.336 e. The van der Waals surface area contributed by atoms with Gasteiger partial charge in [0.15, 0.2) is 0 Å². The number of thiophene rings is 1. The van der Waals surface area contributed by atoms with Crippen molar-refractivity contribution in [3.63, 3.8) is 0 Å². The third-order valence-corrected chi connectivity index (χ3v) is 3.64. The van der Waals surface area contributed by atoms with Crippen LogP contribution in [0.1, 0.15) is 9.67 Å². The van der Waals surface area contributed by atoms with Crippen LogP contribution in [0, 0.1) is 0 Å². The van der Waals surface area contributed by atoms with E-state index in [1.807, 2.05) is 30.3 Å². The van der Waals surface area contributed by atoms with E-state index in [0.29, 0.717) is 4.88 Å². The second-order valence-electron chi connectivity index (χ2n) is 3.77. The molecule has 0 spiro atoms. The van der Waals surface area contributed by atoms with Gasteiger partial charge in [0.2, 0.25) is 5.95 Å². The van der Waals surface area contributed by atoms with Crippen LogP contribution in [0.15, 0.2) is 30.3 Å². The van der Waals surface area contributed by atoms with Gasteiger partial charge in [0, 0.05) is 4.70 Å². The number of anilines is 1. The quantitative estimate of drug-likeness (QED) is 0.768. The second-order valence-corrected chi connectivity index (χ2v) is 4.86. The zero-order chi connectivity index (χ0) is 13.2. The van der Waals surface area contributed by atoms with Gasteiger partial charge >= 0.3 is 6.01 Å². The molecule has 1 aromatic carbocycles. The molecule has 2 N–H and O–H groups in total. The number of nitrogens with one attached hydrogen (secondary N) is 2.